The van der Waals surface area contributed by atoms with Gasteiger partial charge in [0.25, 0.3) is 5.91 Å². The first-order chi connectivity index (χ1) is 4.95. The summed E-state index contributed by atoms with van der Waals surface area (Å²) in [6.45, 7) is -0.0537. The van der Waals surface area contributed by atoms with Crippen LogP contribution in [0.15, 0.2) is 0 Å². The lowest BCUT2D eigenvalue weighted by atomic mass is 10.6. The number of rotatable bonds is 3. The van der Waals surface area contributed by atoms with Gasteiger partial charge in [-0.15, -0.1) is 6.42 Å². The SMILES string of the molecule is C#CC(=O)NCCS(N)(=O)=O. The van der Waals surface area contributed by atoms with Crippen molar-refractivity contribution < 1.29 is 13.2 Å². The predicted octanol–water partition coefficient (Wildman–Crippen LogP) is -1.98. The summed E-state index contributed by atoms with van der Waals surface area (Å²) in [5, 5.41) is 6.79. The summed E-state index contributed by atoms with van der Waals surface area (Å²) in [6, 6.07) is 0. The average Bonchev–Trinajstić information content (AvgIpc) is 1.85. The van der Waals surface area contributed by atoms with E-state index in [0.29, 0.717) is 0 Å². The van der Waals surface area contributed by atoms with Crippen LogP contribution in [0.4, 0.5) is 0 Å². The Hall–Kier alpha value is -1.06. The van der Waals surface area contributed by atoms with Crippen LogP contribution in [0, 0.1) is 12.3 Å². The number of carbonyl (C=O) groups is 1. The fourth-order valence-corrected chi connectivity index (χ4v) is 0.744. The molecule has 0 aliphatic carbocycles. The van der Waals surface area contributed by atoms with E-state index in [0.717, 1.165) is 0 Å². The lowest BCUT2D eigenvalue weighted by molar-refractivity contribution is -0.115. The molecule has 5 nitrogen and oxygen atoms in total. The third-order valence-corrected chi connectivity index (χ3v) is 1.58. The zero-order valence-corrected chi connectivity index (χ0v) is 6.52. The Morgan fingerprint density at radius 3 is 2.55 bits per heavy atom. The number of terminal acetylenes is 1. The van der Waals surface area contributed by atoms with Gasteiger partial charge in [0, 0.05) is 6.54 Å². The number of nitrogens with one attached hydrogen (secondary N) is 1. The van der Waals surface area contributed by atoms with Crippen LogP contribution in [0.2, 0.25) is 0 Å². The molecule has 0 aromatic heterocycles. The lowest BCUT2D eigenvalue weighted by Crippen LogP contribution is -2.30. The van der Waals surface area contributed by atoms with E-state index in [2.05, 4.69) is 16.9 Å². The fraction of sp³-hybridized carbons (Fsp3) is 0.400. The van der Waals surface area contributed by atoms with Crippen molar-refractivity contribution in [2.24, 2.45) is 5.14 Å². The summed E-state index contributed by atoms with van der Waals surface area (Å²) in [6.07, 6.45) is 4.68. The highest BCUT2D eigenvalue weighted by Gasteiger charge is 2.02. The Morgan fingerprint density at radius 1 is 1.64 bits per heavy atom. The molecule has 11 heavy (non-hydrogen) atoms. The maximum Gasteiger partial charge on any atom is 0.295 e. The van der Waals surface area contributed by atoms with Crippen molar-refractivity contribution in [2.75, 3.05) is 12.3 Å². The van der Waals surface area contributed by atoms with E-state index >= 15 is 0 Å². The van der Waals surface area contributed by atoms with Crippen molar-refractivity contribution in [1.29, 1.82) is 0 Å². The maximum atomic E-state index is 10.3. The second kappa shape index (κ2) is 3.95. The minimum atomic E-state index is -3.51. The van der Waals surface area contributed by atoms with Gasteiger partial charge in [0.05, 0.1) is 5.75 Å². The molecule has 0 bridgehead atoms. The smallest absolute Gasteiger partial charge is 0.295 e. The average molecular weight is 176 g/mol. The van der Waals surface area contributed by atoms with Gasteiger partial charge in [0.1, 0.15) is 0 Å². The number of hydrogen-bond acceptors (Lipinski definition) is 3. The number of carbonyl (C=O) groups excluding carboxylic acids is 1. The van der Waals surface area contributed by atoms with Crippen LogP contribution in [0.5, 0.6) is 0 Å². The van der Waals surface area contributed by atoms with E-state index in [1.54, 1.807) is 5.92 Å². The molecule has 0 heterocycles. The van der Waals surface area contributed by atoms with Crippen LogP contribution in [-0.4, -0.2) is 26.6 Å². The van der Waals surface area contributed by atoms with Crippen LogP contribution in [0.3, 0.4) is 0 Å². The van der Waals surface area contributed by atoms with Crippen LogP contribution in [0.25, 0.3) is 0 Å². The van der Waals surface area contributed by atoms with Crippen molar-refractivity contribution in [3.8, 4) is 12.3 Å². The normalized spacial score (nSPS) is 10.2. The molecule has 0 radical (unpaired) electrons. The Bertz CT molecular complexity index is 275. The van der Waals surface area contributed by atoms with Crippen LogP contribution >= 0.6 is 0 Å². The molecule has 0 saturated carbocycles. The molecule has 0 unspecified atom stereocenters. The summed E-state index contributed by atoms with van der Waals surface area (Å²) < 4.78 is 20.6. The minimum absolute atomic E-state index is 0.0537. The van der Waals surface area contributed by atoms with Crippen molar-refractivity contribution >= 4 is 15.9 Å². The molecular weight excluding hydrogens is 168 g/mol. The zero-order chi connectivity index (χ0) is 8.91. The molecule has 0 saturated heterocycles. The van der Waals surface area contributed by atoms with Gasteiger partial charge >= 0.3 is 0 Å². The Morgan fingerprint density at radius 2 is 2.18 bits per heavy atom. The van der Waals surface area contributed by atoms with Gasteiger partial charge in [-0.1, -0.05) is 0 Å². The number of nitrogens with two attached hydrogens (primary N) is 1. The first-order valence-electron chi connectivity index (χ1n) is 2.70. The van der Waals surface area contributed by atoms with Crippen molar-refractivity contribution in [2.45, 2.75) is 0 Å². The third kappa shape index (κ3) is 6.83. The van der Waals surface area contributed by atoms with Gasteiger partial charge < -0.3 is 5.32 Å². The first kappa shape index (κ1) is 9.94. The largest absolute Gasteiger partial charge is 0.344 e. The van der Waals surface area contributed by atoms with Gasteiger partial charge in [-0.05, 0) is 5.92 Å². The Labute approximate surface area is 65.0 Å². The molecule has 0 fully saturated rings. The van der Waals surface area contributed by atoms with Gasteiger partial charge in [-0.2, -0.15) is 0 Å². The van der Waals surface area contributed by atoms with Gasteiger partial charge in [0.15, 0.2) is 0 Å². The van der Waals surface area contributed by atoms with E-state index in [1.165, 1.54) is 0 Å². The topological polar surface area (TPSA) is 89.3 Å². The molecule has 0 aromatic rings. The van der Waals surface area contributed by atoms with Gasteiger partial charge in [0.2, 0.25) is 10.0 Å². The second-order valence-electron chi connectivity index (χ2n) is 1.77. The zero-order valence-electron chi connectivity index (χ0n) is 5.70. The number of primary sulfonamides is 1. The summed E-state index contributed by atoms with van der Waals surface area (Å²) in [7, 11) is -3.51. The molecule has 6 heteroatoms. The van der Waals surface area contributed by atoms with Crippen molar-refractivity contribution in [1.82, 2.24) is 5.32 Å². The molecule has 1 amide bonds. The number of hydrogen-bond donors (Lipinski definition) is 2. The number of sulfonamides is 1. The molecule has 0 rings (SSSR count). The van der Waals surface area contributed by atoms with E-state index in [-0.39, 0.29) is 12.3 Å². The third-order valence-electron chi connectivity index (χ3n) is 0.803. The van der Waals surface area contributed by atoms with Gasteiger partial charge in [-0.3, -0.25) is 4.79 Å². The molecule has 0 aromatic carbocycles. The molecule has 0 aliphatic heterocycles. The van der Waals surface area contributed by atoms with Crippen LogP contribution < -0.4 is 10.5 Å². The van der Waals surface area contributed by atoms with E-state index in [1.807, 2.05) is 0 Å². The highest BCUT2D eigenvalue weighted by Crippen LogP contribution is 1.73. The summed E-state index contributed by atoms with van der Waals surface area (Å²) >= 11 is 0. The molecule has 0 aliphatic rings. The van der Waals surface area contributed by atoms with Gasteiger partial charge in [-0.25, -0.2) is 13.6 Å². The maximum absolute atomic E-state index is 10.3. The molecule has 62 valence electrons. The second-order valence-corrected chi connectivity index (χ2v) is 3.50. The van der Waals surface area contributed by atoms with Crippen molar-refractivity contribution in [3.63, 3.8) is 0 Å². The molecule has 0 atom stereocenters. The van der Waals surface area contributed by atoms with E-state index in [4.69, 9.17) is 0 Å². The summed E-state index contributed by atoms with van der Waals surface area (Å²) in [4.78, 5) is 10.3. The Kier molecular flexibility index (Phi) is 3.57. The highest BCUT2D eigenvalue weighted by molar-refractivity contribution is 7.89. The van der Waals surface area contributed by atoms with Crippen molar-refractivity contribution in [3.05, 3.63) is 0 Å². The van der Waals surface area contributed by atoms with Crippen LogP contribution in [-0.2, 0) is 14.8 Å². The monoisotopic (exact) mass is 176 g/mol. The quantitative estimate of drug-likeness (QED) is 0.488. The minimum Gasteiger partial charge on any atom is -0.344 e. The first-order valence-corrected chi connectivity index (χ1v) is 4.42. The summed E-state index contributed by atoms with van der Waals surface area (Å²) in [5.74, 6) is 0.816. The standard InChI is InChI=1S/C5H8N2O3S/c1-2-5(8)7-3-4-11(6,9)10/h1H,3-4H2,(H,7,8)(H2,6,9,10). The Balaban J connectivity index is 3.62. The highest BCUT2D eigenvalue weighted by atomic mass is 32.2. The van der Waals surface area contributed by atoms with Crippen LogP contribution in [0.1, 0.15) is 0 Å². The van der Waals surface area contributed by atoms with E-state index in [9.17, 15) is 13.2 Å². The number of amides is 1. The molecular formula is C5H8N2O3S. The summed E-state index contributed by atoms with van der Waals surface area (Å²) in [5.41, 5.74) is 0. The van der Waals surface area contributed by atoms with E-state index < -0.39 is 15.9 Å². The fourth-order valence-electron chi connectivity index (χ4n) is 0.358. The lowest BCUT2D eigenvalue weighted by Gasteiger charge is -1.97. The molecule has 3 N–H and O–H groups in total. The predicted molar refractivity (Wildman–Crippen MR) is 39.8 cm³/mol. The molecule has 0 spiro atoms.